The molecule has 0 saturated carbocycles. The Morgan fingerprint density at radius 2 is 1.98 bits per heavy atom. The first-order chi connectivity index (χ1) is 21.0. The third kappa shape index (κ3) is 7.92. The van der Waals surface area contributed by atoms with Crippen molar-refractivity contribution in [2.45, 2.75) is 77.4 Å². The number of halogens is 3. The molecule has 5 heterocycles. The normalized spacial score (nSPS) is 13.5. The first kappa shape index (κ1) is 31.4. The number of fused-ring (bicyclic) bond motifs is 2. The van der Waals surface area contributed by atoms with Gasteiger partial charge in [-0.2, -0.15) is 18.3 Å². The first-order valence-electron chi connectivity index (χ1n) is 14.7. The number of carbonyl (C=O) groups excluding carboxylic acids is 1. The van der Waals surface area contributed by atoms with E-state index in [9.17, 15) is 18.0 Å². The summed E-state index contributed by atoms with van der Waals surface area (Å²) in [6.07, 6.45) is -0.173. The lowest BCUT2D eigenvalue weighted by Gasteiger charge is -2.29. The molecule has 13 heteroatoms. The summed E-state index contributed by atoms with van der Waals surface area (Å²) >= 11 is 0. The molecule has 1 aliphatic heterocycles. The topological polar surface area (TPSA) is 91.0 Å². The van der Waals surface area contributed by atoms with Gasteiger partial charge in [0.05, 0.1) is 5.39 Å². The van der Waals surface area contributed by atoms with Gasteiger partial charge in [-0.05, 0) is 36.6 Å². The summed E-state index contributed by atoms with van der Waals surface area (Å²) in [5.74, 6) is 6.38. The van der Waals surface area contributed by atoms with Crippen LogP contribution in [0.4, 0.5) is 19.0 Å². The van der Waals surface area contributed by atoms with Crippen molar-refractivity contribution in [3.05, 3.63) is 65.6 Å². The molecule has 0 radical (unpaired) electrons. The molecular weight excluding hydrogens is 587 g/mol. The molecule has 0 bridgehead atoms. The molecular formula is C31H36F3N7O2Si. The fraction of sp³-hybridized carbons (Fsp3) is 0.452. The van der Waals surface area contributed by atoms with Crippen LogP contribution in [0.1, 0.15) is 46.7 Å². The maximum Gasteiger partial charge on any atom is 0.389 e. The Labute approximate surface area is 255 Å². The van der Waals surface area contributed by atoms with Crippen LogP contribution in [0.5, 0.6) is 0 Å². The second-order valence-corrected chi connectivity index (χ2v) is 17.7. The Morgan fingerprint density at radius 1 is 1.14 bits per heavy atom. The summed E-state index contributed by atoms with van der Waals surface area (Å²) in [5.41, 5.74) is 3.12. The van der Waals surface area contributed by atoms with Crippen molar-refractivity contribution in [3.8, 4) is 11.8 Å². The Morgan fingerprint density at radius 3 is 2.73 bits per heavy atom. The van der Waals surface area contributed by atoms with Gasteiger partial charge >= 0.3 is 6.18 Å². The molecule has 1 aliphatic rings. The van der Waals surface area contributed by atoms with Crippen LogP contribution in [0.3, 0.4) is 0 Å². The van der Waals surface area contributed by atoms with Crippen molar-refractivity contribution < 1.29 is 22.7 Å². The number of hydrogen-bond donors (Lipinski definition) is 0. The summed E-state index contributed by atoms with van der Waals surface area (Å²) in [7, 11) is -1.20. The minimum Gasteiger partial charge on any atom is -0.361 e. The molecule has 5 rings (SSSR count). The Bertz CT molecular complexity index is 1670. The van der Waals surface area contributed by atoms with E-state index in [4.69, 9.17) is 4.74 Å². The standard InChI is InChI=1S/C31H36F3N7O2Si/c1-44(2,3)19-18-43-22-40-16-11-24-29(36-21-37-30(24)40)39-17-12-26-25(20-39)28(27(42)10-6-13-31(32,33)34)38-41(26)15-7-9-23-8-4-5-14-35-23/h4-5,8,11,14,16,21H,6,10,12-13,15,17-20,22H2,1-3H3. The fourth-order valence-electron chi connectivity index (χ4n) is 5.12. The predicted molar refractivity (Wildman–Crippen MR) is 164 cm³/mol. The lowest BCUT2D eigenvalue weighted by molar-refractivity contribution is -0.135. The quantitative estimate of drug-likeness (QED) is 0.0894. The van der Waals surface area contributed by atoms with E-state index >= 15 is 0 Å². The molecule has 4 aromatic heterocycles. The lowest BCUT2D eigenvalue weighted by Crippen LogP contribution is -2.32. The Balaban J connectivity index is 1.38. The van der Waals surface area contributed by atoms with Crippen LogP contribution >= 0.6 is 0 Å². The molecule has 0 N–H and O–H groups in total. The monoisotopic (exact) mass is 623 g/mol. The first-order valence-corrected chi connectivity index (χ1v) is 18.4. The lowest BCUT2D eigenvalue weighted by atomic mass is 10.0. The summed E-state index contributed by atoms with van der Waals surface area (Å²) in [4.78, 5) is 28.6. The number of hydrogen-bond acceptors (Lipinski definition) is 7. The zero-order valence-electron chi connectivity index (χ0n) is 25.2. The van der Waals surface area contributed by atoms with E-state index in [0.29, 0.717) is 44.1 Å². The number of ether oxygens (including phenoxy) is 1. The fourth-order valence-corrected chi connectivity index (χ4v) is 5.88. The number of anilines is 1. The third-order valence-corrected chi connectivity index (χ3v) is 9.14. The number of nitrogens with zero attached hydrogens (tertiary/aromatic N) is 7. The molecule has 0 amide bonds. The average Bonchev–Trinajstić information content (AvgIpc) is 3.56. The van der Waals surface area contributed by atoms with Gasteiger partial charge in [0.25, 0.3) is 0 Å². The minimum absolute atomic E-state index is 0.199. The molecule has 0 spiro atoms. The highest BCUT2D eigenvalue weighted by Gasteiger charge is 2.31. The van der Waals surface area contributed by atoms with Gasteiger partial charge in [-0.3, -0.25) is 9.48 Å². The van der Waals surface area contributed by atoms with Crippen LogP contribution in [0, 0.1) is 11.8 Å². The van der Waals surface area contributed by atoms with Crippen LogP contribution in [0.25, 0.3) is 11.0 Å². The van der Waals surface area contributed by atoms with Gasteiger partial charge in [0.2, 0.25) is 0 Å². The molecule has 4 aromatic rings. The molecule has 0 fully saturated rings. The molecule has 232 valence electrons. The van der Waals surface area contributed by atoms with Gasteiger partial charge in [-0.25, -0.2) is 15.0 Å². The van der Waals surface area contributed by atoms with Gasteiger partial charge in [0.1, 0.15) is 42.5 Å². The molecule has 0 aliphatic carbocycles. The van der Waals surface area contributed by atoms with Gasteiger partial charge in [-0.15, -0.1) is 0 Å². The summed E-state index contributed by atoms with van der Waals surface area (Å²) < 4.78 is 48.0. The number of rotatable bonds is 11. The number of ketones is 1. The second kappa shape index (κ2) is 13.3. The molecule has 44 heavy (non-hydrogen) atoms. The van der Waals surface area contributed by atoms with Gasteiger partial charge < -0.3 is 14.2 Å². The van der Waals surface area contributed by atoms with Crippen LogP contribution in [0.15, 0.2) is 43.0 Å². The average molecular weight is 624 g/mol. The van der Waals surface area contributed by atoms with E-state index in [2.05, 4.69) is 56.4 Å². The van der Waals surface area contributed by atoms with Gasteiger partial charge in [0, 0.05) is 70.7 Å². The summed E-state index contributed by atoms with van der Waals surface area (Å²) in [6.45, 7) is 9.19. The third-order valence-electron chi connectivity index (χ3n) is 7.43. The van der Waals surface area contributed by atoms with Crippen LogP contribution in [-0.2, 0) is 31.0 Å². The van der Waals surface area contributed by atoms with E-state index < -0.39 is 26.5 Å². The van der Waals surface area contributed by atoms with Crippen molar-refractivity contribution in [2.24, 2.45) is 0 Å². The summed E-state index contributed by atoms with van der Waals surface area (Å²) in [5, 5.41) is 5.44. The van der Waals surface area contributed by atoms with Gasteiger partial charge in [0.15, 0.2) is 5.78 Å². The van der Waals surface area contributed by atoms with Crippen molar-refractivity contribution >= 4 is 30.7 Å². The minimum atomic E-state index is -4.31. The Hall–Kier alpha value is -4.02. The van der Waals surface area contributed by atoms with Crippen LogP contribution in [-0.4, -0.2) is 62.5 Å². The molecule has 0 saturated heterocycles. The number of Topliss-reactive ketones (excluding diaryl/α,β-unsaturated/α-hetero) is 1. The van der Waals surface area contributed by atoms with E-state index in [1.165, 1.54) is 6.33 Å². The van der Waals surface area contributed by atoms with E-state index in [1.54, 1.807) is 23.0 Å². The van der Waals surface area contributed by atoms with E-state index in [0.717, 1.165) is 28.6 Å². The van der Waals surface area contributed by atoms with E-state index in [1.807, 2.05) is 22.9 Å². The predicted octanol–water partition coefficient (Wildman–Crippen LogP) is 5.86. The van der Waals surface area contributed by atoms with Crippen molar-refractivity contribution in [1.82, 2.24) is 29.3 Å². The second-order valence-electron chi connectivity index (χ2n) is 12.1. The highest BCUT2D eigenvalue weighted by molar-refractivity contribution is 6.76. The molecule has 0 unspecified atom stereocenters. The molecule has 0 atom stereocenters. The van der Waals surface area contributed by atoms with Gasteiger partial charge in [-0.1, -0.05) is 31.6 Å². The largest absolute Gasteiger partial charge is 0.389 e. The zero-order valence-corrected chi connectivity index (χ0v) is 26.2. The van der Waals surface area contributed by atoms with Crippen LogP contribution < -0.4 is 4.90 Å². The molecule has 9 nitrogen and oxygen atoms in total. The maximum atomic E-state index is 13.2. The SMILES string of the molecule is C[Si](C)(C)CCOCn1ccc2c(N3CCc4c(c(C(=O)CCCC(F)(F)F)nn4CC#Cc4ccccn4)C3)ncnc21. The molecule has 0 aromatic carbocycles. The maximum absolute atomic E-state index is 13.2. The van der Waals surface area contributed by atoms with Crippen molar-refractivity contribution in [3.63, 3.8) is 0 Å². The summed E-state index contributed by atoms with van der Waals surface area (Å²) in [6, 6.07) is 8.48. The number of carbonyl (C=O) groups is 1. The van der Waals surface area contributed by atoms with Crippen molar-refractivity contribution in [2.75, 3.05) is 18.1 Å². The zero-order chi connectivity index (χ0) is 31.3. The number of aromatic nitrogens is 6. The number of pyridine rings is 1. The Kier molecular flexibility index (Phi) is 9.50. The highest BCUT2D eigenvalue weighted by Crippen LogP contribution is 2.31. The number of alkyl halides is 3. The van der Waals surface area contributed by atoms with E-state index in [-0.39, 0.29) is 25.1 Å². The smallest absolute Gasteiger partial charge is 0.361 e. The van der Waals surface area contributed by atoms with Crippen LogP contribution in [0.2, 0.25) is 25.7 Å². The highest BCUT2D eigenvalue weighted by atomic mass is 28.3. The van der Waals surface area contributed by atoms with Crippen molar-refractivity contribution in [1.29, 1.82) is 0 Å².